The number of aromatic hydroxyl groups is 1. The molecule has 1 aliphatic heterocycles. The van der Waals surface area contributed by atoms with E-state index in [1.807, 2.05) is 13.8 Å². The van der Waals surface area contributed by atoms with Gasteiger partial charge in [-0.2, -0.15) is 0 Å². The van der Waals surface area contributed by atoms with Crippen LogP contribution in [0.25, 0.3) is 0 Å². The van der Waals surface area contributed by atoms with Crippen LogP contribution in [-0.2, 0) is 13.1 Å². The first-order valence-corrected chi connectivity index (χ1v) is 8.29. The Morgan fingerprint density at radius 3 is 2.65 bits per heavy atom. The van der Waals surface area contributed by atoms with Crippen LogP contribution in [0.4, 0.5) is 4.39 Å². The number of nitrogens with one attached hydrogen (secondary N) is 2. The largest absolute Gasteiger partial charge is 0.503 e. The Hall–Kier alpha value is -2.96. The fraction of sp³-hybridized carbons (Fsp3) is 0.316. The molecule has 1 aromatic heterocycles. The second-order valence-corrected chi connectivity index (χ2v) is 7.08. The molecule has 0 radical (unpaired) electrons. The van der Waals surface area contributed by atoms with Gasteiger partial charge >= 0.3 is 0 Å². The van der Waals surface area contributed by atoms with Gasteiger partial charge in [-0.3, -0.25) is 9.59 Å². The number of carbonyl (C=O) groups is 1. The third-order valence-corrected chi connectivity index (χ3v) is 4.76. The quantitative estimate of drug-likeness (QED) is 0.787. The van der Waals surface area contributed by atoms with Crippen molar-refractivity contribution in [2.45, 2.75) is 33.4 Å². The summed E-state index contributed by atoms with van der Waals surface area (Å²) >= 11 is 0. The molecule has 0 spiro atoms. The normalized spacial score (nSPS) is 15.4. The molecule has 3 N–H and O–H groups in total. The number of nitrogens with zero attached hydrogens (tertiary/aromatic N) is 1. The summed E-state index contributed by atoms with van der Waals surface area (Å²) in [6.45, 7) is 4.39. The van der Waals surface area contributed by atoms with E-state index in [4.69, 9.17) is 5.41 Å². The van der Waals surface area contributed by atoms with Gasteiger partial charge in [0.15, 0.2) is 5.75 Å². The van der Waals surface area contributed by atoms with Crippen molar-refractivity contribution in [3.63, 3.8) is 0 Å². The van der Waals surface area contributed by atoms with Crippen molar-refractivity contribution in [1.29, 1.82) is 5.41 Å². The predicted molar refractivity (Wildman–Crippen MR) is 95.2 cm³/mol. The molecule has 26 heavy (non-hydrogen) atoms. The first-order chi connectivity index (χ1) is 12.2. The fourth-order valence-corrected chi connectivity index (χ4v) is 2.98. The molecule has 6 nitrogen and oxygen atoms in total. The average Bonchev–Trinajstić information content (AvgIpc) is 2.60. The van der Waals surface area contributed by atoms with Crippen LogP contribution in [0.2, 0.25) is 0 Å². The van der Waals surface area contributed by atoms with Gasteiger partial charge in [0.1, 0.15) is 17.1 Å². The van der Waals surface area contributed by atoms with Gasteiger partial charge in [0.25, 0.3) is 5.91 Å². The minimum absolute atomic E-state index is 0.129. The Balaban J connectivity index is 1.88. The van der Waals surface area contributed by atoms with Crippen LogP contribution < -0.4 is 10.7 Å². The number of hydrogen-bond acceptors (Lipinski definition) is 4. The maximum Gasteiger partial charge on any atom is 0.257 e. The molecule has 0 bridgehead atoms. The van der Waals surface area contributed by atoms with Crippen molar-refractivity contribution < 1.29 is 14.3 Å². The van der Waals surface area contributed by atoms with Gasteiger partial charge in [-0.15, -0.1) is 0 Å². The summed E-state index contributed by atoms with van der Waals surface area (Å²) in [5.74, 6) is -1.57. The van der Waals surface area contributed by atoms with Crippen LogP contribution in [0, 0.1) is 16.6 Å². The van der Waals surface area contributed by atoms with Crippen molar-refractivity contribution in [3.05, 3.63) is 63.3 Å². The Labute approximate surface area is 149 Å². The Morgan fingerprint density at radius 1 is 1.35 bits per heavy atom. The van der Waals surface area contributed by atoms with Crippen LogP contribution in [0.1, 0.15) is 41.9 Å². The lowest BCUT2D eigenvalue weighted by Crippen LogP contribution is -2.37. The zero-order chi connectivity index (χ0) is 19.1. The molecule has 3 rings (SSSR count). The number of rotatable bonds is 3. The summed E-state index contributed by atoms with van der Waals surface area (Å²) in [4.78, 5) is 24.8. The van der Waals surface area contributed by atoms with E-state index in [2.05, 4.69) is 5.32 Å². The third kappa shape index (κ3) is 3.12. The van der Waals surface area contributed by atoms with E-state index >= 15 is 0 Å². The fourth-order valence-electron chi connectivity index (χ4n) is 2.98. The molecule has 1 amide bonds. The molecule has 136 valence electrons. The Morgan fingerprint density at radius 2 is 2.00 bits per heavy atom. The first kappa shape index (κ1) is 17.8. The van der Waals surface area contributed by atoms with Gasteiger partial charge in [-0.05, 0) is 24.1 Å². The summed E-state index contributed by atoms with van der Waals surface area (Å²) in [7, 11) is 0. The summed E-state index contributed by atoms with van der Waals surface area (Å²) in [5, 5.41) is 21.1. The van der Waals surface area contributed by atoms with E-state index < -0.39 is 22.5 Å². The molecule has 0 saturated carbocycles. The van der Waals surface area contributed by atoms with E-state index in [1.54, 1.807) is 4.57 Å². The van der Waals surface area contributed by atoms with E-state index in [1.165, 1.54) is 30.5 Å². The standard InChI is InChI=1S/C19H20FN3O3/c1-19(2)7-8-23-10-13(15(24)16(25)14(23)17(19)21)18(26)22-9-11-3-5-12(20)6-4-11/h3-6,10,21,25H,7-9H2,1-2H3,(H,22,26). The molecule has 2 aromatic rings. The maximum atomic E-state index is 12.9. The molecule has 1 aromatic carbocycles. The van der Waals surface area contributed by atoms with Crippen LogP contribution in [0.15, 0.2) is 35.3 Å². The Bertz CT molecular complexity index is 946. The number of aromatic nitrogens is 1. The highest BCUT2D eigenvalue weighted by Crippen LogP contribution is 2.34. The lowest BCUT2D eigenvalue weighted by Gasteiger charge is -2.33. The number of carbonyl (C=O) groups excluding carboxylic acids is 1. The molecule has 7 heteroatoms. The van der Waals surface area contributed by atoms with E-state index in [0.29, 0.717) is 18.5 Å². The number of fused-ring (bicyclic) bond motifs is 1. The second kappa shape index (κ2) is 6.40. The summed E-state index contributed by atoms with van der Waals surface area (Å²) in [5.41, 5.74) is -0.393. The van der Waals surface area contributed by atoms with E-state index in [-0.39, 0.29) is 29.3 Å². The van der Waals surface area contributed by atoms with Crippen molar-refractivity contribution in [1.82, 2.24) is 9.88 Å². The lowest BCUT2D eigenvalue weighted by molar-refractivity contribution is 0.0948. The molecular formula is C19H20FN3O3. The molecule has 0 aliphatic carbocycles. The number of benzene rings is 1. The van der Waals surface area contributed by atoms with Gasteiger partial charge in [0.2, 0.25) is 5.43 Å². The molecular weight excluding hydrogens is 337 g/mol. The average molecular weight is 357 g/mol. The topological polar surface area (TPSA) is 95.2 Å². The number of hydrogen-bond donors (Lipinski definition) is 3. The van der Waals surface area contributed by atoms with Crippen LogP contribution in [0.3, 0.4) is 0 Å². The van der Waals surface area contributed by atoms with Crippen molar-refractivity contribution in [2.24, 2.45) is 5.41 Å². The van der Waals surface area contributed by atoms with E-state index in [0.717, 1.165) is 0 Å². The number of amides is 1. The van der Waals surface area contributed by atoms with Gasteiger partial charge in [0, 0.05) is 24.7 Å². The molecule has 1 aliphatic rings. The van der Waals surface area contributed by atoms with Crippen LogP contribution in [0.5, 0.6) is 5.75 Å². The smallest absolute Gasteiger partial charge is 0.257 e. The monoisotopic (exact) mass is 357 g/mol. The van der Waals surface area contributed by atoms with Gasteiger partial charge in [-0.1, -0.05) is 26.0 Å². The first-order valence-electron chi connectivity index (χ1n) is 8.29. The van der Waals surface area contributed by atoms with Crippen molar-refractivity contribution >= 4 is 11.6 Å². The van der Waals surface area contributed by atoms with Gasteiger partial charge in [0.05, 0.1) is 5.71 Å². The van der Waals surface area contributed by atoms with Gasteiger partial charge in [-0.25, -0.2) is 4.39 Å². The predicted octanol–water partition coefficient (Wildman–Crippen LogP) is 2.42. The summed E-state index contributed by atoms with van der Waals surface area (Å²) in [6, 6.07) is 5.65. The SMILES string of the molecule is CC1(C)CCn2cc(C(=O)NCc3ccc(F)cc3)c(=O)c(O)c2C1=N. The highest BCUT2D eigenvalue weighted by molar-refractivity contribution is 6.04. The van der Waals surface area contributed by atoms with Crippen LogP contribution >= 0.6 is 0 Å². The summed E-state index contributed by atoms with van der Waals surface area (Å²) < 4.78 is 14.5. The molecule has 0 saturated heterocycles. The zero-order valence-corrected chi connectivity index (χ0v) is 14.6. The highest BCUT2D eigenvalue weighted by atomic mass is 19.1. The number of pyridine rings is 1. The minimum Gasteiger partial charge on any atom is -0.503 e. The van der Waals surface area contributed by atoms with E-state index in [9.17, 15) is 19.1 Å². The Kier molecular flexibility index (Phi) is 4.39. The van der Waals surface area contributed by atoms with Crippen molar-refractivity contribution in [3.8, 4) is 5.75 Å². The third-order valence-electron chi connectivity index (χ3n) is 4.76. The second-order valence-electron chi connectivity index (χ2n) is 7.08. The minimum atomic E-state index is -0.796. The van der Waals surface area contributed by atoms with Crippen LogP contribution in [-0.4, -0.2) is 21.3 Å². The number of aryl methyl sites for hydroxylation is 1. The van der Waals surface area contributed by atoms with Crippen molar-refractivity contribution in [2.75, 3.05) is 0 Å². The number of halogens is 1. The molecule has 0 fully saturated rings. The van der Waals surface area contributed by atoms with Gasteiger partial charge < -0.3 is 20.4 Å². The maximum absolute atomic E-state index is 12.9. The highest BCUT2D eigenvalue weighted by Gasteiger charge is 2.34. The molecule has 0 atom stereocenters. The zero-order valence-electron chi connectivity index (χ0n) is 14.6. The molecule has 0 unspecified atom stereocenters. The lowest BCUT2D eigenvalue weighted by atomic mass is 9.79. The molecule has 2 heterocycles. The summed E-state index contributed by atoms with van der Waals surface area (Å²) in [6.07, 6.45) is 2.05.